The lowest BCUT2D eigenvalue weighted by Gasteiger charge is -2.11. The molecule has 0 aliphatic heterocycles. The molecule has 0 saturated carbocycles. The van der Waals surface area contributed by atoms with Crippen molar-refractivity contribution >= 4 is 29.1 Å². The number of anilines is 1. The first-order valence-corrected chi connectivity index (χ1v) is 11.2. The van der Waals surface area contributed by atoms with Crippen molar-refractivity contribution in [2.45, 2.75) is 13.5 Å². The third-order valence-corrected chi connectivity index (χ3v) is 5.73. The van der Waals surface area contributed by atoms with E-state index in [2.05, 4.69) is 21.1 Å². The number of aryl methyl sites for hydroxylation is 1. The average molecular weight is 492 g/mol. The summed E-state index contributed by atoms with van der Waals surface area (Å²) in [5.41, 5.74) is 10.5. The minimum atomic E-state index is -0.402. The van der Waals surface area contributed by atoms with E-state index in [1.807, 2.05) is 13.0 Å². The quantitative estimate of drug-likeness (QED) is 0.242. The average Bonchev–Trinajstić information content (AvgIpc) is 3.50. The lowest BCUT2D eigenvalue weighted by molar-refractivity contribution is -0.129. The predicted octanol–water partition coefficient (Wildman–Crippen LogP) is 4.21. The van der Waals surface area contributed by atoms with Crippen LogP contribution in [0.25, 0.3) is 16.7 Å². The molecule has 5 rings (SSSR count). The van der Waals surface area contributed by atoms with Gasteiger partial charge in [0.2, 0.25) is 5.78 Å². The molecule has 37 heavy (non-hydrogen) atoms. The van der Waals surface area contributed by atoms with Gasteiger partial charge < -0.3 is 20.2 Å². The number of imidazole rings is 1. The summed E-state index contributed by atoms with van der Waals surface area (Å²) in [5.74, 6) is 1.02. The fraction of sp³-hybridized carbons (Fsp3) is 0.0741. The SMILES string of the molecule is Cc1cc(Oc2cccc(C#N)c2)ccc1-n1ncc(C(=O)c2nc3cc(COC=O)ccc3[nH]2)c1N. The molecule has 0 radical (unpaired) electrons. The smallest absolute Gasteiger partial charge is 0.293 e. The van der Waals surface area contributed by atoms with Crippen molar-refractivity contribution in [2.24, 2.45) is 0 Å². The summed E-state index contributed by atoms with van der Waals surface area (Å²) in [5, 5.41) is 13.4. The number of ketones is 1. The topological polar surface area (TPSA) is 149 Å². The first-order valence-electron chi connectivity index (χ1n) is 11.2. The Morgan fingerprint density at radius 2 is 2.00 bits per heavy atom. The zero-order valence-electron chi connectivity index (χ0n) is 19.6. The van der Waals surface area contributed by atoms with Crippen molar-refractivity contribution < 1.29 is 19.1 Å². The molecule has 3 aromatic carbocycles. The number of hydrogen-bond acceptors (Lipinski definition) is 8. The number of carbonyl (C=O) groups is 2. The molecular weight excluding hydrogens is 472 g/mol. The Balaban J connectivity index is 1.39. The van der Waals surface area contributed by atoms with Crippen LogP contribution < -0.4 is 10.5 Å². The van der Waals surface area contributed by atoms with Gasteiger partial charge in [-0.2, -0.15) is 10.4 Å². The highest BCUT2D eigenvalue weighted by molar-refractivity contribution is 6.10. The molecule has 10 heteroatoms. The van der Waals surface area contributed by atoms with Crippen LogP contribution in [0.1, 0.15) is 32.9 Å². The van der Waals surface area contributed by atoms with Crippen molar-refractivity contribution in [2.75, 3.05) is 5.73 Å². The number of nitrogens with two attached hydrogens (primary N) is 1. The summed E-state index contributed by atoms with van der Waals surface area (Å²) in [6.07, 6.45) is 1.41. The molecule has 0 spiro atoms. The highest BCUT2D eigenvalue weighted by Crippen LogP contribution is 2.28. The number of nitrogens with one attached hydrogen (secondary N) is 1. The molecule has 10 nitrogen and oxygen atoms in total. The molecule has 0 unspecified atom stereocenters. The van der Waals surface area contributed by atoms with Crippen LogP contribution in [-0.4, -0.2) is 32.0 Å². The van der Waals surface area contributed by atoms with Gasteiger partial charge in [-0.15, -0.1) is 0 Å². The van der Waals surface area contributed by atoms with E-state index >= 15 is 0 Å². The van der Waals surface area contributed by atoms with Crippen LogP contribution in [0.3, 0.4) is 0 Å². The fourth-order valence-electron chi connectivity index (χ4n) is 3.93. The molecule has 0 amide bonds. The number of benzene rings is 3. The van der Waals surface area contributed by atoms with Crippen molar-refractivity contribution in [3.63, 3.8) is 0 Å². The predicted molar refractivity (Wildman–Crippen MR) is 134 cm³/mol. The van der Waals surface area contributed by atoms with Gasteiger partial charge in [-0.25, -0.2) is 9.67 Å². The Kier molecular flexibility index (Phi) is 6.10. The van der Waals surface area contributed by atoms with E-state index in [-0.39, 0.29) is 23.8 Å². The molecule has 0 atom stereocenters. The fourth-order valence-corrected chi connectivity index (χ4v) is 3.93. The molecule has 0 saturated heterocycles. The molecule has 0 bridgehead atoms. The van der Waals surface area contributed by atoms with E-state index in [0.29, 0.717) is 40.3 Å². The summed E-state index contributed by atoms with van der Waals surface area (Å²) in [6.45, 7) is 2.37. The summed E-state index contributed by atoms with van der Waals surface area (Å²) < 4.78 is 12.1. The third kappa shape index (κ3) is 4.61. The highest BCUT2D eigenvalue weighted by atomic mass is 16.5. The van der Waals surface area contributed by atoms with Gasteiger partial charge >= 0.3 is 0 Å². The van der Waals surface area contributed by atoms with E-state index in [4.69, 9.17) is 20.5 Å². The van der Waals surface area contributed by atoms with Crippen LogP contribution in [0.5, 0.6) is 11.5 Å². The molecule has 0 fully saturated rings. The van der Waals surface area contributed by atoms with Crippen molar-refractivity contribution in [1.29, 1.82) is 5.26 Å². The lowest BCUT2D eigenvalue weighted by Crippen LogP contribution is -2.09. The first-order chi connectivity index (χ1) is 18.0. The maximum atomic E-state index is 13.2. The maximum absolute atomic E-state index is 13.2. The number of nitrogen functional groups attached to an aromatic ring is 1. The zero-order valence-corrected chi connectivity index (χ0v) is 19.6. The summed E-state index contributed by atoms with van der Waals surface area (Å²) >= 11 is 0. The van der Waals surface area contributed by atoms with Crippen LogP contribution in [0.15, 0.2) is 66.9 Å². The molecule has 5 aromatic rings. The van der Waals surface area contributed by atoms with E-state index in [1.54, 1.807) is 54.6 Å². The standard InChI is InChI=1S/C27H20N6O4/c1-16-9-20(37-19-4-2-3-17(10-19)12-28)6-8-24(16)33-26(29)21(13-30-33)25(35)27-31-22-7-5-18(14-36-15-34)11-23(22)32-27/h2-11,13,15H,14,29H2,1H3,(H,31,32). The molecule has 182 valence electrons. The van der Waals surface area contributed by atoms with Crippen molar-refractivity contribution in [3.8, 4) is 23.3 Å². The summed E-state index contributed by atoms with van der Waals surface area (Å²) in [4.78, 5) is 31.0. The Hall–Kier alpha value is -5.43. The summed E-state index contributed by atoms with van der Waals surface area (Å²) in [7, 11) is 0. The number of aromatic amines is 1. The van der Waals surface area contributed by atoms with Gasteiger partial charge in [0.15, 0.2) is 5.82 Å². The van der Waals surface area contributed by atoms with Gasteiger partial charge in [0.1, 0.15) is 23.9 Å². The van der Waals surface area contributed by atoms with Crippen LogP contribution in [0, 0.1) is 18.3 Å². The van der Waals surface area contributed by atoms with Gasteiger partial charge in [-0.3, -0.25) is 9.59 Å². The molecule has 0 aliphatic carbocycles. The molecule has 2 heterocycles. The molecule has 3 N–H and O–H groups in total. The maximum Gasteiger partial charge on any atom is 0.293 e. The van der Waals surface area contributed by atoms with Crippen LogP contribution in [0.4, 0.5) is 5.82 Å². The largest absolute Gasteiger partial charge is 0.463 e. The summed E-state index contributed by atoms with van der Waals surface area (Å²) in [6, 6.07) is 19.6. The van der Waals surface area contributed by atoms with E-state index in [0.717, 1.165) is 11.1 Å². The lowest BCUT2D eigenvalue weighted by atomic mass is 10.1. The van der Waals surface area contributed by atoms with E-state index in [9.17, 15) is 9.59 Å². The molecule has 2 aromatic heterocycles. The number of hydrogen-bond donors (Lipinski definition) is 2. The number of nitrogens with zero attached hydrogens (tertiary/aromatic N) is 4. The number of rotatable bonds is 8. The first kappa shape index (κ1) is 23.3. The number of nitriles is 1. The van der Waals surface area contributed by atoms with Crippen molar-refractivity contribution in [1.82, 2.24) is 19.7 Å². The van der Waals surface area contributed by atoms with E-state index in [1.165, 1.54) is 10.9 Å². The van der Waals surface area contributed by atoms with Gasteiger partial charge in [-0.05, 0) is 66.6 Å². The van der Waals surface area contributed by atoms with Gasteiger partial charge in [0.25, 0.3) is 6.47 Å². The Bertz CT molecular complexity index is 1700. The number of ether oxygens (including phenoxy) is 2. The second kappa shape index (κ2) is 9.67. The van der Waals surface area contributed by atoms with Crippen LogP contribution >= 0.6 is 0 Å². The minimum Gasteiger partial charge on any atom is -0.463 e. The van der Waals surface area contributed by atoms with E-state index < -0.39 is 5.78 Å². The second-order valence-electron chi connectivity index (χ2n) is 8.22. The number of aromatic nitrogens is 4. The number of carbonyl (C=O) groups excluding carboxylic acids is 2. The van der Waals surface area contributed by atoms with Gasteiger partial charge in [-0.1, -0.05) is 12.1 Å². The Morgan fingerprint density at radius 1 is 1.16 bits per heavy atom. The molecular formula is C27H20N6O4. The monoisotopic (exact) mass is 492 g/mol. The number of H-pyrrole nitrogens is 1. The third-order valence-electron chi connectivity index (χ3n) is 5.73. The molecule has 0 aliphatic rings. The Morgan fingerprint density at radius 3 is 2.78 bits per heavy atom. The second-order valence-corrected chi connectivity index (χ2v) is 8.22. The number of fused-ring (bicyclic) bond motifs is 1. The minimum absolute atomic E-state index is 0.116. The van der Waals surface area contributed by atoms with Crippen molar-refractivity contribution in [3.05, 3.63) is 94.9 Å². The highest BCUT2D eigenvalue weighted by Gasteiger charge is 2.21. The van der Waals surface area contributed by atoms with Gasteiger partial charge in [0.05, 0.1) is 40.1 Å². The normalized spacial score (nSPS) is 10.7. The van der Waals surface area contributed by atoms with Gasteiger partial charge in [0, 0.05) is 0 Å². The van der Waals surface area contributed by atoms with Crippen LogP contribution in [-0.2, 0) is 16.1 Å². The zero-order chi connectivity index (χ0) is 25.9. The Labute approximate surface area is 210 Å². The van der Waals surface area contributed by atoms with Crippen LogP contribution in [0.2, 0.25) is 0 Å².